The van der Waals surface area contributed by atoms with Crippen LogP contribution in [0.25, 0.3) is 0 Å². The van der Waals surface area contributed by atoms with Gasteiger partial charge in [0.15, 0.2) is 5.96 Å². The summed E-state index contributed by atoms with van der Waals surface area (Å²) in [5.74, 6) is 1.77. The van der Waals surface area contributed by atoms with Crippen LogP contribution < -0.4 is 5.32 Å². The SMILES string of the molecule is CCNC(=NCC1CC1)N(C)Cc1ccccc1Cl. The molecular weight excluding hydrogens is 258 g/mol. The Kier molecular flexibility index (Phi) is 5.08. The van der Waals surface area contributed by atoms with Crippen molar-refractivity contribution < 1.29 is 0 Å². The van der Waals surface area contributed by atoms with Crippen LogP contribution in [0.2, 0.25) is 5.02 Å². The molecule has 4 heteroatoms. The quantitative estimate of drug-likeness (QED) is 0.662. The Bertz CT molecular complexity index is 441. The summed E-state index contributed by atoms with van der Waals surface area (Å²) in [4.78, 5) is 6.82. The van der Waals surface area contributed by atoms with E-state index in [-0.39, 0.29) is 0 Å². The van der Waals surface area contributed by atoms with Crippen molar-refractivity contribution >= 4 is 17.6 Å². The highest BCUT2D eigenvalue weighted by Gasteiger charge is 2.21. The highest BCUT2D eigenvalue weighted by Crippen LogP contribution is 2.28. The Balaban J connectivity index is 1.99. The molecule has 0 bridgehead atoms. The molecule has 0 heterocycles. The predicted octanol–water partition coefficient (Wildman–Crippen LogP) is 3.15. The molecule has 0 radical (unpaired) electrons. The third kappa shape index (κ3) is 4.43. The standard InChI is InChI=1S/C15H22ClN3/c1-3-17-15(18-10-12-8-9-12)19(2)11-13-6-4-5-7-14(13)16/h4-7,12H,3,8-11H2,1-2H3,(H,17,18). The lowest BCUT2D eigenvalue weighted by molar-refractivity contribution is 0.476. The lowest BCUT2D eigenvalue weighted by atomic mass is 10.2. The topological polar surface area (TPSA) is 27.6 Å². The summed E-state index contributed by atoms with van der Waals surface area (Å²) in [6.07, 6.45) is 2.66. The lowest BCUT2D eigenvalue weighted by Crippen LogP contribution is -2.38. The second-order valence-corrected chi connectivity index (χ2v) is 5.49. The van der Waals surface area contributed by atoms with Gasteiger partial charge in [-0.3, -0.25) is 4.99 Å². The lowest BCUT2D eigenvalue weighted by Gasteiger charge is -2.22. The van der Waals surface area contributed by atoms with Gasteiger partial charge < -0.3 is 10.2 Å². The highest BCUT2D eigenvalue weighted by molar-refractivity contribution is 6.31. The minimum absolute atomic E-state index is 0.774. The second-order valence-electron chi connectivity index (χ2n) is 5.09. The molecule has 1 fully saturated rings. The van der Waals surface area contributed by atoms with Crippen molar-refractivity contribution in [3.63, 3.8) is 0 Å². The maximum Gasteiger partial charge on any atom is 0.193 e. The Hall–Kier alpha value is -1.22. The molecular formula is C15H22ClN3. The number of hydrogen-bond donors (Lipinski definition) is 1. The Morgan fingerprint density at radius 2 is 2.16 bits per heavy atom. The first kappa shape index (κ1) is 14.2. The highest BCUT2D eigenvalue weighted by atomic mass is 35.5. The number of nitrogens with zero attached hydrogens (tertiary/aromatic N) is 2. The first-order valence-corrected chi connectivity index (χ1v) is 7.31. The van der Waals surface area contributed by atoms with Crippen LogP contribution in [0.5, 0.6) is 0 Å². The average molecular weight is 280 g/mol. The minimum Gasteiger partial charge on any atom is -0.357 e. The van der Waals surface area contributed by atoms with Crippen LogP contribution in [0.3, 0.4) is 0 Å². The van der Waals surface area contributed by atoms with Crippen molar-refractivity contribution in [3.8, 4) is 0 Å². The number of aliphatic imine (C=N–C) groups is 1. The predicted molar refractivity (Wildman–Crippen MR) is 81.6 cm³/mol. The molecule has 0 saturated heterocycles. The zero-order chi connectivity index (χ0) is 13.7. The Morgan fingerprint density at radius 1 is 1.42 bits per heavy atom. The molecule has 1 aromatic carbocycles. The van der Waals surface area contributed by atoms with Gasteiger partial charge in [0, 0.05) is 31.7 Å². The van der Waals surface area contributed by atoms with Crippen LogP contribution >= 0.6 is 11.6 Å². The van der Waals surface area contributed by atoms with Crippen molar-refractivity contribution in [3.05, 3.63) is 34.9 Å². The molecule has 1 N–H and O–H groups in total. The zero-order valence-electron chi connectivity index (χ0n) is 11.7. The summed E-state index contributed by atoms with van der Waals surface area (Å²) >= 11 is 6.20. The molecule has 2 rings (SSSR count). The number of guanidine groups is 1. The van der Waals surface area contributed by atoms with Crippen molar-refractivity contribution in [1.29, 1.82) is 0 Å². The summed E-state index contributed by atoms with van der Waals surface area (Å²) in [7, 11) is 2.05. The molecule has 0 atom stereocenters. The maximum atomic E-state index is 6.20. The van der Waals surface area contributed by atoms with Crippen LogP contribution in [0, 0.1) is 5.92 Å². The van der Waals surface area contributed by atoms with Crippen molar-refractivity contribution in [2.75, 3.05) is 20.1 Å². The Labute approximate surface area is 120 Å². The number of rotatable bonds is 5. The molecule has 1 aliphatic rings. The number of benzene rings is 1. The summed E-state index contributed by atoms with van der Waals surface area (Å²) in [6.45, 7) is 4.69. The van der Waals surface area contributed by atoms with Gasteiger partial charge in [-0.15, -0.1) is 0 Å². The van der Waals surface area contributed by atoms with Crippen LogP contribution in [-0.2, 0) is 6.54 Å². The summed E-state index contributed by atoms with van der Waals surface area (Å²) in [5, 5.41) is 4.15. The van der Waals surface area contributed by atoms with E-state index >= 15 is 0 Å². The molecule has 0 spiro atoms. The minimum atomic E-state index is 0.774. The van der Waals surface area contributed by atoms with Crippen molar-refractivity contribution in [1.82, 2.24) is 10.2 Å². The van der Waals surface area contributed by atoms with Gasteiger partial charge in [-0.1, -0.05) is 29.8 Å². The molecule has 19 heavy (non-hydrogen) atoms. The van der Waals surface area contributed by atoms with E-state index in [4.69, 9.17) is 11.6 Å². The molecule has 3 nitrogen and oxygen atoms in total. The van der Waals surface area contributed by atoms with Gasteiger partial charge in [0.2, 0.25) is 0 Å². The molecule has 0 amide bonds. The number of nitrogens with one attached hydrogen (secondary N) is 1. The van der Waals surface area contributed by atoms with Gasteiger partial charge in [0.1, 0.15) is 0 Å². The smallest absolute Gasteiger partial charge is 0.193 e. The van der Waals surface area contributed by atoms with E-state index < -0.39 is 0 Å². The summed E-state index contributed by atoms with van der Waals surface area (Å²) in [6, 6.07) is 7.96. The van der Waals surface area contributed by atoms with Crippen molar-refractivity contribution in [2.45, 2.75) is 26.3 Å². The normalized spacial score (nSPS) is 15.4. The van der Waals surface area contributed by atoms with Crippen molar-refractivity contribution in [2.24, 2.45) is 10.9 Å². The van der Waals surface area contributed by atoms with E-state index in [1.54, 1.807) is 0 Å². The molecule has 1 saturated carbocycles. The fourth-order valence-electron chi connectivity index (χ4n) is 1.94. The molecule has 1 aliphatic carbocycles. The van der Waals surface area contributed by atoms with Gasteiger partial charge in [0.05, 0.1) is 0 Å². The van der Waals surface area contributed by atoms with Gasteiger partial charge >= 0.3 is 0 Å². The number of halogens is 1. The van der Waals surface area contributed by atoms with Crippen LogP contribution in [0.15, 0.2) is 29.3 Å². The third-order valence-electron chi connectivity index (χ3n) is 3.26. The largest absolute Gasteiger partial charge is 0.357 e. The first-order chi connectivity index (χ1) is 9.20. The first-order valence-electron chi connectivity index (χ1n) is 6.93. The molecule has 1 aromatic rings. The van der Waals surface area contributed by atoms with Gasteiger partial charge in [-0.2, -0.15) is 0 Å². The zero-order valence-corrected chi connectivity index (χ0v) is 12.5. The molecule has 0 aromatic heterocycles. The van der Waals surface area contributed by atoms with E-state index in [2.05, 4.69) is 35.2 Å². The maximum absolute atomic E-state index is 6.20. The average Bonchev–Trinajstić information content (AvgIpc) is 3.21. The third-order valence-corrected chi connectivity index (χ3v) is 3.63. The van der Waals surface area contributed by atoms with E-state index in [1.165, 1.54) is 12.8 Å². The summed E-state index contributed by atoms with van der Waals surface area (Å²) in [5.41, 5.74) is 1.13. The second kappa shape index (κ2) is 6.80. The van der Waals surface area contributed by atoms with Gasteiger partial charge in [0.25, 0.3) is 0 Å². The Morgan fingerprint density at radius 3 is 2.79 bits per heavy atom. The van der Waals surface area contributed by atoms with E-state index in [0.29, 0.717) is 0 Å². The fraction of sp³-hybridized carbons (Fsp3) is 0.533. The monoisotopic (exact) mass is 279 g/mol. The van der Waals surface area contributed by atoms with E-state index in [0.717, 1.165) is 42.1 Å². The van der Waals surface area contributed by atoms with Crippen LogP contribution in [0.4, 0.5) is 0 Å². The van der Waals surface area contributed by atoms with E-state index in [9.17, 15) is 0 Å². The molecule has 0 unspecified atom stereocenters. The fourth-order valence-corrected chi connectivity index (χ4v) is 2.14. The van der Waals surface area contributed by atoms with E-state index in [1.807, 2.05) is 18.2 Å². The summed E-state index contributed by atoms with van der Waals surface area (Å²) < 4.78 is 0. The molecule has 0 aliphatic heterocycles. The van der Waals surface area contributed by atoms with Crippen LogP contribution in [-0.4, -0.2) is 31.0 Å². The van der Waals surface area contributed by atoms with Gasteiger partial charge in [-0.05, 0) is 37.3 Å². The van der Waals surface area contributed by atoms with Crippen LogP contribution in [0.1, 0.15) is 25.3 Å². The number of hydrogen-bond acceptors (Lipinski definition) is 1. The molecule has 104 valence electrons. The van der Waals surface area contributed by atoms with Gasteiger partial charge in [-0.25, -0.2) is 0 Å².